The van der Waals surface area contributed by atoms with Crippen LogP contribution in [0.15, 0.2) is 18.2 Å². The minimum absolute atomic E-state index is 0.0561. The molecule has 4 amide bonds. The predicted molar refractivity (Wildman–Crippen MR) is 153 cm³/mol. The highest BCUT2D eigenvalue weighted by molar-refractivity contribution is 5.95. The van der Waals surface area contributed by atoms with Gasteiger partial charge >= 0.3 is 12.1 Å². The summed E-state index contributed by atoms with van der Waals surface area (Å²) in [5.74, 6) is 0.441. The summed E-state index contributed by atoms with van der Waals surface area (Å²) < 4.78 is 16.2. The molecule has 2 rings (SSSR count). The molecule has 1 aliphatic rings. The average molecular weight is 658 g/mol. The van der Waals surface area contributed by atoms with Crippen LogP contribution in [0.5, 0.6) is 5.75 Å². The zero-order valence-corrected chi connectivity index (χ0v) is 25.5. The molecule has 1 fully saturated rings. The van der Waals surface area contributed by atoms with E-state index in [1.165, 1.54) is 32.2 Å². The first-order valence-electron chi connectivity index (χ1n) is 13.8. The number of nitrogens with two attached hydrogens (primary N) is 1. The second-order valence-corrected chi connectivity index (χ2v) is 10.6. The van der Waals surface area contributed by atoms with Gasteiger partial charge in [-0.1, -0.05) is 13.8 Å². The van der Waals surface area contributed by atoms with Crippen LogP contribution in [0.3, 0.4) is 0 Å². The summed E-state index contributed by atoms with van der Waals surface area (Å²) in [5, 5.41) is 46.8. The van der Waals surface area contributed by atoms with E-state index in [0.29, 0.717) is 0 Å². The third-order valence-electron chi connectivity index (χ3n) is 6.61. The Morgan fingerprint density at radius 2 is 1.61 bits per heavy atom. The molecule has 3 unspecified atom stereocenters. The lowest BCUT2D eigenvalue weighted by molar-refractivity contribution is -0.271. The van der Waals surface area contributed by atoms with Crippen molar-refractivity contribution in [2.45, 2.75) is 64.1 Å². The van der Waals surface area contributed by atoms with E-state index in [1.807, 2.05) is 0 Å². The molecule has 256 valence electrons. The van der Waals surface area contributed by atoms with Gasteiger partial charge in [-0.25, -0.2) is 15.5 Å². The normalized spacial score (nSPS) is 21.5. The van der Waals surface area contributed by atoms with Crippen molar-refractivity contribution in [3.05, 3.63) is 23.8 Å². The maximum atomic E-state index is 12.8. The number of benzene rings is 1. The van der Waals surface area contributed by atoms with E-state index >= 15 is 0 Å². The van der Waals surface area contributed by atoms with Gasteiger partial charge in [0.05, 0.1) is 19.1 Å². The number of carboxylic acid groups (broad SMARTS) is 1. The highest BCUT2D eigenvalue weighted by Crippen LogP contribution is 2.29. The van der Waals surface area contributed by atoms with Crippen molar-refractivity contribution in [1.82, 2.24) is 15.5 Å². The molecule has 46 heavy (non-hydrogen) atoms. The second-order valence-electron chi connectivity index (χ2n) is 10.6. The summed E-state index contributed by atoms with van der Waals surface area (Å²) in [4.78, 5) is 77.4. The zero-order chi connectivity index (χ0) is 34.7. The van der Waals surface area contributed by atoms with Gasteiger partial charge in [-0.3, -0.25) is 24.0 Å². The number of nitrogens with one attached hydrogen (secondary N) is 3. The van der Waals surface area contributed by atoms with E-state index in [1.54, 1.807) is 13.8 Å². The molecule has 6 atom stereocenters. The van der Waals surface area contributed by atoms with Crippen molar-refractivity contribution in [1.29, 1.82) is 0 Å². The summed E-state index contributed by atoms with van der Waals surface area (Å²) in [6, 6.07) is 3.08. The van der Waals surface area contributed by atoms with Crippen LogP contribution in [0.1, 0.15) is 26.3 Å². The number of hydrogen-bond donors (Lipinski definition) is 8. The number of amides is 4. The number of likely N-dealkylation sites (N-methyl/N-ethyl adjacent to an activating group) is 1. The average Bonchev–Trinajstić information content (AvgIpc) is 2.98. The summed E-state index contributed by atoms with van der Waals surface area (Å²) in [6.45, 7) is 2.87. The number of carbonyl (C=O) groups excluding carboxylic acids is 5. The van der Waals surface area contributed by atoms with Crippen molar-refractivity contribution in [2.24, 2.45) is 11.8 Å². The van der Waals surface area contributed by atoms with Gasteiger partial charge in [-0.05, 0) is 31.0 Å². The number of hydrogen-bond acceptors (Lipinski definition) is 14. The number of nitrogens with zero attached hydrogens (tertiary/aromatic N) is 1. The van der Waals surface area contributed by atoms with E-state index in [0.717, 1.165) is 4.90 Å². The number of anilines is 1. The lowest BCUT2D eigenvalue weighted by Crippen LogP contribution is -2.61. The molecule has 9 N–H and O–H groups in total. The summed E-state index contributed by atoms with van der Waals surface area (Å²) >= 11 is 0. The molecule has 0 aliphatic carbocycles. The van der Waals surface area contributed by atoms with Gasteiger partial charge < -0.3 is 55.5 Å². The highest BCUT2D eigenvalue weighted by atomic mass is 16.7. The van der Waals surface area contributed by atoms with Gasteiger partial charge in [0.2, 0.25) is 24.0 Å². The number of ether oxygens (including phenoxy) is 3. The first-order valence-corrected chi connectivity index (χ1v) is 13.8. The molecule has 1 heterocycles. The van der Waals surface area contributed by atoms with Gasteiger partial charge in [0, 0.05) is 18.3 Å². The number of Topliss-reactive ketones (excluding diaryl/α,β-unsaturated/α-hetero) is 1. The lowest BCUT2D eigenvalue weighted by Gasteiger charge is -2.38. The van der Waals surface area contributed by atoms with Gasteiger partial charge in [0.25, 0.3) is 0 Å². The molecule has 1 aromatic carbocycles. The van der Waals surface area contributed by atoms with Crippen LogP contribution in [0.4, 0.5) is 10.5 Å². The minimum atomic E-state index is -1.97. The van der Waals surface area contributed by atoms with Crippen LogP contribution >= 0.6 is 0 Å². The van der Waals surface area contributed by atoms with E-state index < -0.39 is 92.8 Å². The van der Waals surface area contributed by atoms with Crippen LogP contribution in [-0.4, -0.2) is 124 Å². The molecule has 0 spiro atoms. The molecule has 0 bridgehead atoms. The van der Waals surface area contributed by atoms with Crippen molar-refractivity contribution in [2.75, 3.05) is 32.1 Å². The van der Waals surface area contributed by atoms with Crippen molar-refractivity contribution < 1.29 is 68.2 Å². The Labute approximate surface area is 262 Å². The Morgan fingerprint density at radius 1 is 0.978 bits per heavy atom. The topological polar surface area (TPSA) is 286 Å². The maximum Gasteiger partial charge on any atom is 0.410 e. The lowest BCUT2D eigenvalue weighted by atomic mass is 9.99. The van der Waals surface area contributed by atoms with Crippen molar-refractivity contribution >= 4 is 41.3 Å². The summed E-state index contributed by atoms with van der Waals surface area (Å²) in [5.41, 5.74) is 0.174. The monoisotopic (exact) mass is 657 g/mol. The standard InChI is InChI=1S/C27H39N5O14/c1-12(2)20(13(3)33)32(4)27(42)43-10-14-7-15(31-18(35)9-29-17(34)8-30-19(36)11-44-28)5-6-16(14)45-26-23(39)21(37)22(38)24(46-26)25(40)41/h5-7,12,20-24,26,37-39H,8-11,28H2,1-4H3,(H,29,34)(H,30,36)(H,31,35)(H,40,41)/t20-,21?,22-,23?,24?,26+/m0/s1. The Hall–Kier alpha value is -4.40. The Kier molecular flexibility index (Phi) is 14.2. The summed E-state index contributed by atoms with van der Waals surface area (Å²) in [6.07, 6.45) is -10.5. The van der Waals surface area contributed by atoms with Crippen molar-refractivity contribution in [3.63, 3.8) is 0 Å². The Bertz CT molecular complexity index is 1280. The molecule has 19 heteroatoms. The number of aliphatic carboxylic acids is 1. The fraction of sp³-hybridized carbons (Fsp3) is 0.556. The minimum Gasteiger partial charge on any atom is -0.479 e. The van der Waals surface area contributed by atoms with Crippen molar-refractivity contribution in [3.8, 4) is 5.75 Å². The molecule has 19 nitrogen and oxygen atoms in total. The smallest absolute Gasteiger partial charge is 0.410 e. The van der Waals surface area contributed by atoms with Crippen LogP contribution in [0, 0.1) is 5.92 Å². The molecule has 1 aromatic rings. The fourth-order valence-electron chi connectivity index (χ4n) is 4.46. The van der Waals surface area contributed by atoms with Gasteiger partial charge in [-0.15, -0.1) is 0 Å². The van der Waals surface area contributed by atoms with Crippen LogP contribution in [0.25, 0.3) is 0 Å². The third-order valence-corrected chi connectivity index (χ3v) is 6.61. The van der Waals surface area contributed by atoms with Gasteiger partial charge in [0.15, 0.2) is 11.9 Å². The third kappa shape index (κ3) is 10.6. The molecule has 0 saturated carbocycles. The SMILES string of the molecule is CC(=O)[C@H](C(C)C)N(C)C(=O)OCc1cc(NC(=O)CNC(=O)CNC(=O)CON)ccc1O[C@@H]1OC(C(=O)O)[C@@H](O)C(O)C1O. The maximum absolute atomic E-state index is 12.8. The molecular weight excluding hydrogens is 618 g/mol. The van der Waals surface area contributed by atoms with E-state index in [4.69, 9.17) is 20.1 Å². The number of aliphatic hydroxyl groups is 3. The Balaban J connectivity index is 2.24. The fourth-order valence-corrected chi connectivity index (χ4v) is 4.46. The van der Waals surface area contributed by atoms with Gasteiger partial charge in [0.1, 0.15) is 37.3 Å². The number of rotatable bonds is 15. The molecular formula is C27H39N5O14. The Morgan fingerprint density at radius 3 is 2.20 bits per heavy atom. The highest BCUT2D eigenvalue weighted by Gasteiger charge is 2.48. The van der Waals surface area contributed by atoms with Gasteiger partial charge in [-0.2, -0.15) is 0 Å². The zero-order valence-electron chi connectivity index (χ0n) is 25.5. The molecule has 1 aliphatic heterocycles. The number of carboxylic acids is 1. The second kappa shape index (κ2) is 17.3. The molecule has 0 aromatic heterocycles. The summed E-state index contributed by atoms with van der Waals surface area (Å²) in [7, 11) is 1.37. The predicted octanol–water partition coefficient (Wildman–Crippen LogP) is -2.80. The first-order chi connectivity index (χ1) is 21.6. The number of aliphatic hydroxyl groups excluding tert-OH is 3. The number of ketones is 1. The van der Waals surface area contributed by atoms with E-state index in [9.17, 15) is 49.2 Å². The van der Waals surface area contributed by atoms with Crippen LogP contribution < -0.4 is 26.6 Å². The van der Waals surface area contributed by atoms with E-state index in [2.05, 4.69) is 20.8 Å². The van der Waals surface area contributed by atoms with Crippen LogP contribution in [-0.2, 0) is 44.9 Å². The molecule has 1 saturated heterocycles. The number of carbonyl (C=O) groups is 6. The quantitative estimate of drug-likeness (QED) is 0.0884. The first kappa shape index (κ1) is 37.8. The van der Waals surface area contributed by atoms with E-state index in [-0.39, 0.29) is 28.7 Å². The van der Waals surface area contributed by atoms with Crippen LogP contribution in [0.2, 0.25) is 0 Å². The largest absolute Gasteiger partial charge is 0.479 e. The molecule has 0 radical (unpaired) electrons.